The maximum absolute atomic E-state index is 6.26. The highest BCUT2D eigenvalue weighted by Crippen LogP contribution is 2.33. The maximum Gasteiger partial charge on any atom is 0.225 e. The summed E-state index contributed by atoms with van der Waals surface area (Å²) in [6.45, 7) is 4.07. The van der Waals surface area contributed by atoms with Crippen molar-refractivity contribution >= 4 is 22.8 Å². The Morgan fingerprint density at radius 1 is 1.00 bits per heavy atom. The number of rotatable bonds is 5. The molecule has 3 N–H and O–H groups in total. The van der Waals surface area contributed by atoms with Gasteiger partial charge in [-0.3, -0.25) is 4.68 Å². The summed E-state index contributed by atoms with van der Waals surface area (Å²) in [5.41, 5.74) is 8.42. The molecule has 0 bridgehead atoms. The van der Waals surface area contributed by atoms with Crippen LogP contribution in [0, 0.1) is 0 Å². The summed E-state index contributed by atoms with van der Waals surface area (Å²) in [6, 6.07) is 17.6. The molecule has 0 saturated carbocycles. The molecule has 0 amide bonds. The molecule has 7 nitrogen and oxygen atoms in total. The van der Waals surface area contributed by atoms with Gasteiger partial charge in [-0.05, 0) is 38.1 Å². The van der Waals surface area contributed by atoms with Gasteiger partial charge in [0.1, 0.15) is 17.3 Å². The highest BCUT2D eigenvalue weighted by atomic mass is 16.5. The molecule has 0 aliphatic rings. The third-order valence-electron chi connectivity index (χ3n) is 4.24. The molecule has 4 aromatic rings. The van der Waals surface area contributed by atoms with Crippen molar-refractivity contribution in [1.29, 1.82) is 0 Å². The van der Waals surface area contributed by atoms with Crippen molar-refractivity contribution in [2.75, 3.05) is 11.1 Å². The van der Waals surface area contributed by atoms with Gasteiger partial charge in [0, 0.05) is 18.7 Å². The van der Waals surface area contributed by atoms with E-state index in [4.69, 9.17) is 15.5 Å². The average Bonchev–Trinajstić information content (AvgIpc) is 2.95. The lowest BCUT2D eigenvalue weighted by Gasteiger charge is -2.11. The molecule has 0 saturated heterocycles. The molecule has 28 heavy (non-hydrogen) atoms. The van der Waals surface area contributed by atoms with Gasteiger partial charge < -0.3 is 15.8 Å². The summed E-state index contributed by atoms with van der Waals surface area (Å²) in [6.07, 6.45) is 0. The van der Waals surface area contributed by atoms with Crippen molar-refractivity contribution in [3.05, 3.63) is 54.6 Å². The van der Waals surface area contributed by atoms with Crippen LogP contribution in [0.1, 0.15) is 13.8 Å². The van der Waals surface area contributed by atoms with E-state index in [1.807, 2.05) is 68.4 Å². The largest absolute Gasteiger partial charge is 0.457 e. The minimum atomic E-state index is 0.194. The molecule has 0 atom stereocenters. The Morgan fingerprint density at radius 2 is 1.75 bits per heavy atom. The standard InChI is InChI=1S/C21H22N6O/c1-13(2)23-21-24-18(17-19(22)27(3)26-20(17)25-21)14-8-7-11-16(12-14)28-15-9-5-4-6-10-15/h4-13H,22H2,1-3H3,(H,23,25,26). The molecule has 142 valence electrons. The average molecular weight is 374 g/mol. The predicted octanol–water partition coefficient (Wildman–Crippen LogP) is 4.23. The lowest BCUT2D eigenvalue weighted by atomic mass is 10.1. The normalized spacial score (nSPS) is 11.1. The molecule has 4 rings (SSSR count). The van der Waals surface area contributed by atoms with Crippen molar-refractivity contribution < 1.29 is 4.74 Å². The Bertz CT molecular complexity index is 1120. The minimum Gasteiger partial charge on any atom is -0.457 e. The highest BCUT2D eigenvalue weighted by Gasteiger charge is 2.18. The molecule has 0 fully saturated rings. The van der Waals surface area contributed by atoms with E-state index in [9.17, 15) is 0 Å². The van der Waals surface area contributed by atoms with Crippen molar-refractivity contribution in [3.63, 3.8) is 0 Å². The van der Waals surface area contributed by atoms with Crippen molar-refractivity contribution in [2.45, 2.75) is 19.9 Å². The third kappa shape index (κ3) is 3.46. The van der Waals surface area contributed by atoms with Crippen molar-refractivity contribution in [2.24, 2.45) is 7.05 Å². The van der Waals surface area contributed by atoms with Gasteiger partial charge in [0.05, 0.1) is 11.1 Å². The fourth-order valence-electron chi connectivity index (χ4n) is 2.98. The van der Waals surface area contributed by atoms with Crippen LogP contribution in [-0.2, 0) is 7.05 Å². The molecule has 2 heterocycles. The Hall–Kier alpha value is -3.61. The molecule has 7 heteroatoms. The third-order valence-corrected chi connectivity index (χ3v) is 4.24. The number of nitrogens with two attached hydrogens (primary N) is 1. The van der Waals surface area contributed by atoms with Crippen molar-refractivity contribution in [3.8, 4) is 22.8 Å². The zero-order valence-electron chi connectivity index (χ0n) is 16.0. The van der Waals surface area contributed by atoms with Gasteiger partial charge in [-0.25, -0.2) is 4.98 Å². The van der Waals surface area contributed by atoms with Crippen LogP contribution in [0.25, 0.3) is 22.3 Å². The number of para-hydroxylation sites is 1. The topological polar surface area (TPSA) is 90.9 Å². The molecule has 0 aliphatic carbocycles. The molecular formula is C21H22N6O. The molecule has 0 aliphatic heterocycles. The number of aryl methyl sites for hydroxylation is 1. The van der Waals surface area contributed by atoms with E-state index in [-0.39, 0.29) is 6.04 Å². The number of aromatic nitrogens is 4. The van der Waals surface area contributed by atoms with Gasteiger partial charge >= 0.3 is 0 Å². The molecular weight excluding hydrogens is 352 g/mol. The molecule has 0 spiro atoms. The summed E-state index contributed by atoms with van der Waals surface area (Å²) in [5.74, 6) is 2.53. The molecule has 0 unspecified atom stereocenters. The second kappa shape index (κ2) is 7.19. The summed E-state index contributed by atoms with van der Waals surface area (Å²) < 4.78 is 7.59. The fraction of sp³-hybridized carbons (Fsp3) is 0.190. The fourth-order valence-corrected chi connectivity index (χ4v) is 2.98. The zero-order valence-corrected chi connectivity index (χ0v) is 16.0. The van der Waals surface area contributed by atoms with E-state index in [0.29, 0.717) is 17.4 Å². The van der Waals surface area contributed by atoms with E-state index in [0.717, 1.165) is 28.1 Å². The van der Waals surface area contributed by atoms with Crippen LogP contribution < -0.4 is 15.8 Å². The number of fused-ring (bicyclic) bond motifs is 1. The monoisotopic (exact) mass is 374 g/mol. The Morgan fingerprint density at radius 3 is 2.50 bits per heavy atom. The molecule has 0 radical (unpaired) electrons. The Balaban J connectivity index is 1.82. The number of nitrogens with zero attached hydrogens (tertiary/aromatic N) is 4. The second-order valence-corrected chi connectivity index (χ2v) is 6.85. The first kappa shape index (κ1) is 17.8. The van der Waals surface area contributed by atoms with Crippen LogP contribution in [0.15, 0.2) is 54.6 Å². The van der Waals surface area contributed by atoms with Crippen LogP contribution in [0.2, 0.25) is 0 Å². The first-order valence-electron chi connectivity index (χ1n) is 9.11. The summed E-state index contributed by atoms with van der Waals surface area (Å²) in [4.78, 5) is 9.23. The number of benzene rings is 2. The van der Waals surface area contributed by atoms with E-state index >= 15 is 0 Å². The summed E-state index contributed by atoms with van der Waals surface area (Å²) in [5, 5.41) is 8.40. The van der Waals surface area contributed by atoms with Crippen LogP contribution in [0.5, 0.6) is 11.5 Å². The van der Waals surface area contributed by atoms with Crippen LogP contribution in [0.4, 0.5) is 11.8 Å². The molecule has 2 aromatic carbocycles. The van der Waals surface area contributed by atoms with E-state index in [1.54, 1.807) is 11.7 Å². The van der Waals surface area contributed by atoms with Gasteiger partial charge in [-0.1, -0.05) is 30.3 Å². The van der Waals surface area contributed by atoms with Crippen LogP contribution in [-0.4, -0.2) is 25.8 Å². The van der Waals surface area contributed by atoms with E-state index in [1.165, 1.54) is 0 Å². The number of hydrogen-bond donors (Lipinski definition) is 2. The molecule has 2 aromatic heterocycles. The lowest BCUT2D eigenvalue weighted by Crippen LogP contribution is -2.13. The van der Waals surface area contributed by atoms with Gasteiger partial charge in [-0.2, -0.15) is 10.1 Å². The number of hydrogen-bond acceptors (Lipinski definition) is 6. The van der Waals surface area contributed by atoms with E-state index < -0.39 is 0 Å². The van der Waals surface area contributed by atoms with Crippen LogP contribution >= 0.6 is 0 Å². The van der Waals surface area contributed by atoms with E-state index in [2.05, 4.69) is 15.4 Å². The first-order chi connectivity index (χ1) is 13.5. The van der Waals surface area contributed by atoms with Crippen molar-refractivity contribution in [1.82, 2.24) is 19.7 Å². The lowest BCUT2D eigenvalue weighted by molar-refractivity contribution is 0.483. The number of nitrogens with one attached hydrogen (secondary N) is 1. The van der Waals surface area contributed by atoms with Gasteiger partial charge in [0.2, 0.25) is 5.95 Å². The quantitative estimate of drug-likeness (QED) is 0.543. The minimum absolute atomic E-state index is 0.194. The Kier molecular flexibility index (Phi) is 4.57. The predicted molar refractivity (Wildman–Crippen MR) is 111 cm³/mol. The number of anilines is 2. The SMILES string of the molecule is CC(C)Nc1nc(-c2cccc(Oc3ccccc3)c2)c2c(N)n(C)nc2n1. The summed E-state index contributed by atoms with van der Waals surface area (Å²) >= 11 is 0. The smallest absolute Gasteiger partial charge is 0.225 e. The number of nitrogen functional groups attached to an aromatic ring is 1. The zero-order chi connectivity index (χ0) is 19.7. The number of ether oxygens (including phenoxy) is 1. The highest BCUT2D eigenvalue weighted by molar-refractivity contribution is 5.99. The maximum atomic E-state index is 6.26. The van der Waals surface area contributed by atoms with Gasteiger partial charge in [-0.15, -0.1) is 0 Å². The van der Waals surface area contributed by atoms with Crippen LogP contribution in [0.3, 0.4) is 0 Å². The second-order valence-electron chi connectivity index (χ2n) is 6.85. The Labute approximate surface area is 163 Å². The van der Waals surface area contributed by atoms with Gasteiger partial charge in [0.25, 0.3) is 0 Å². The summed E-state index contributed by atoms with van der Waals surface area (Å²) in [7, 11) is 1.80. The first-order valence-corrected chi connectivity index (χ1v) is 9.11. The van der Waals surface area contributed by atoms with Gasteiger partial charge in [0.15, 0.2) is 5.65 Å².